The Labute approximate surface area is 137 Å². The number of nitrogens with two attached hydrogens (primary N) is 1. The molecule has 1 unspecified atom stereocenters. The van der Waals surface area contributed by atoms with Gasteiger partial charge >= 0.3 is 0 Å². The van der Waals surface area contributed by atoms with Crippen LogP contribution >= 0.6 is 0 Å². The quantitative estimate of drug-likeness (QED) is 0.555. The summed E-state index contributed by atoms with van der Waals surface area (Å²) in [5.41, 5.74) is 9.74. The molecule has 3 heterocycles. The third kappa shape index (κ3) is 1.68. The number of nitrogens with one attached hydrogen (secondary N) is 1. The van der Waals surface area contributed by atoms with E-state index in [0.717, 1.165) is 22.2 Å². The van der Waals surface area contributed by atoms with Crippen molar-refractivity contribution in [3.05, 3.63) is 53.2 Å². The van der Waals surface area contributed by atoms with Gasteiger partial charge in [0.25, 0.3) is 5.91 Å². The molecule has 0 saturated carbocycles. The van der Waals surface area contributed by atoms with Crippen LogP contribution in [0.5, 0.6) is 11.5 Å². The first kappa shape index (κ1) is 13.3. The van der Waals surface area contributed by atoms with Gasteiger partial charge < -0.3 is 20.6 Å². The van der Waals surface area contributed by atoms with Gasteiger partial charge in [-0.3, -0.25) is 9.69 Å². The van der Waals surface area contributed by atoms with E-state index >= 15 is 0 Å². The van der Waals surface area contributed by atoms with Crippen molar-refractivity contribution in [2.24, 2.45) is 0 Å². The number of nitrogens with zero attached hydrogens (tertiary/aromatic N) is 1. The summed E-state index contributed by atoms with van der Waals surface area (Å²) in [4.78, 5) is 17.9. The molecule has 0 aliphatic carbocycles. The molecule has 2 aliphatic heterocycles. The molecule has 0 fully saturated rings. The summed E-state index contributed by atoms with van der Waals surface area (Å²) >= 11 is 0. The van der Waals surface area contributed by atoms with E-state index in [4.69, 9.17) is 10.5 Å². The number of hydrogen-bond acceptors (Lipinski definition) is 4. The number of carbonyl (C=O) groups is 1. The fourth-order valence-corrected chi connectivity index (χ4v) is 3.67. The first-order chi connectivity index (χ1) is 11.6. The Kier molecular flexibility index (Phi) is 2.46. The molecule has 2 aromatic carbocycles. The van der Waals surface area contributed by atoms with Crippen LogP contribution < -0.4 is 10.5 Å². The van der Waals surface area contributed by atoms with Gasteiger partial charge in [0.1, 0.15) is 11.5 Å². The van der Waals surface area contributed by atoms with Crippen LogP contribution in [0.1, 0.15) is 27.8 Å². The SMILES string of the molecule is Nc1ccc2c(c1)C(=O)N1CCc3c([nH]c4ccc(O)cc34)C1O2. The number of anilines is 1. The van der Waals surface area contributed by atoms with Crippen LogP contribution in [-0.4, -0.2) is 27.4 Å². The zero-order valence-electron chi connectivity index (χ0n) is 12.7. The summed E-state index contributed by atoms with van der Waals surface area (Å²) < 4.78 is 6.10. The highest BCUT2D eigenvalue weighted by Crippen LogP contribution is 2.41. The molecule has 1 aromatic heterocycles. The highest BCUT2D eigenvalue weighted by molar-refractivity contribution is 5.99. The summed E-state index contributed by atoms with van der Waals surface area (Å²) in [5, 5.41) is 10.7. The number of phenols is 1. The summed E-state index contributed by atoms with van der Waals surface area (Å²) in [6.07, 6.45) is 0.231. The summed E-state index contributed by atoms with van der Waals surface area (Å²) in [6.45, 7) is 0.563. The number of hydrogen-bond donors (Lipinski definition) is 3. The molecule has 1 atom stereocenters. The maximum Gasteiger partial charge on any atom is 0.260 e. The standard InChI is InChI=1S/C18H15N3O3/c19-9-1-4-15-13(7-9)17(23)21-6-5-11-12-8-10(22)2-3-14(12)20-16(11)18(21)24-15/h1-4,7-8,18,20,22H,5-6,19H2. The van der Waals surface area contributed by atoms with Gasteiger partial charge in [-0.05, 0) is 48.4 Å². The lowest BCUT2D eigenvalue weighted by atomic mass is 9.99. The number of ether oxygens (including phenoxy) is 1. The van der Waals surface area contributed by atoms with Gasteiger partial charge in [-0.1, -0.05) is 0 Å². The van der Waals surface area contributed by atoms with Crippen molar-refractivity contribution in [3.8, 4) is 11.5 Å². The lowest BCUT2D eigenvalue weighted by molar-refractivity contribution is 0.00205. The molecule has 4 N–H and O–H groups in total. The van der Waals surface area contributed by atoms with Crippen molar-refractivity contribution in [2.75, 3.05) is 12.3 Å². The van der Waals surface area contributed by atoms with Crippen molar-refractivity contribution in [1.82, 2.24) is 9.88 Å². The minimum atomic E-state index is -0.480. The Morgan fingerprint density at radius 3 is 3.00 bits per heavy atom. The van der Waals surface area contributed by atoms with E-state index in [0.29, 0.717) is 30.0 Å². The number of aromatic nitrogens is 1. The molecule has 24 heavy (non-hydrogen) atoms. The molecule has 0 spiro atoms. The van der Waals surface area contributed by atoms with Crippen LogP contribution in [0.25, 0.3) is 10.9 Å². The highest BCUT2D eigenvalue weighted by atomic mass is 16.5. The molecule has 6 nitrogen and oxygen atoms in total. The van der Waals surface area contributed by atoms with Gasteiger partial charge in [-0.2, -0.15) is 0 Å². The average Bonchev–Trinajstić information content (AvgIpc) is 2.94. The van der Waals surface area contributed by atoms with Gasteiger partial charge in [0.2, 0.25) is 6.23 Å². The van der Waals surface area contributed by atoms with E-state index in [1.807, 2.05) is 6.07 Å². The Bertz CT molecular complexity index is 1010. The van der Waals surface area contributed by atoms with Gasteiger partial charge in [-0.15, -0.1) is 0 Å². The maximum atomic E-state index is 12.8. The molecule has 0 bridgehead atoms. The third-order valence-electron chi connectivity index (χ3n) is 4.79. The molecule has 0 radical (unpaired) electrons. The van der Waals surface area contributed by atoms with Gasteiger partial charge in [0.15, 0.2) is 0 Å². The number of fused-ring (bicyclic) bond motifs is 6. The van der Waals surface area contributed by atoms with Gasteiger partial charge in [0, 0.05) is 23.1 Å². The van der Waals surface area contributed by atoms with E-state index in [2.05, 4.69) is 4.98 Å². The zero-order chi connectivity index (χ0) is 16.4. The van der Waals surface area contributed by atoms with E-state index in [1.54, 1.807) is 35.2 Å². The Balaban J connectivity index is 1.68. The van der Waals surface area contributed by atoms with Crippen LogP contribution in [0.2, 0.25) is 0 Å². The minimum Gasteiger partial charge on any atom is -0.508 e. The predicted octanol–water partition coefficient (Wildman–Crippen LogP) is 2.55. The maximum absolute atomic E-state index is 12.8. The van der Waals surface area contributed by atoms with E-state index < -0.39 is 6.23 Å². The number of H-pyrrole nitrogens is 1. The fraction of sp³-hybridized carbons (Fsp3) is 0.167. The second-order valence-electron chi connectivity index (χ2n) is 6.22. The Morgan fingerprint density at radius 2 is 2.12 bits per heavy atom. The first-order valence-electron chi connectivity index (χ1n) is 7.82. The molecule has 6 heteroatoms. The van der Waals surface area contributed by atoms with Crippen LogP contribution in [-0.2, 0) is 6.42 Å². The number of aromatic amines is 1. The second-order valence-corrected chi connectivity index (χ2v) is 6.22. The van der Waals surface area contributed by atoms with E-state index in [9.17, 15) is 9.90 Å². The minimum absolute atomic E-state index is 0.0688. The summed E-state index contributed by atoms with van der Waals surface area (Å²) in [5.74, 6) is 0.707. The number of amides is 1. The molecular weight excluding hydrogens is 306 g/mol. The Morgan fingerprint density at radius 1 is 1.25 bits per heavy atom. The second kappa shape index (κ2) is 4.44. The Hall–Kier alpha value is -3.15. The fourth-order valence-electron chi connectivity index (χ4n) is 3.67. The van der Waals surface area contributed by atoms with Gasteiger partial charge in [-0.25, -0.2) is 0 Å². The van der Waals surface area contributed by atoms with Crippen molar-refractivity contribution in [1.29, 1.82) is 0 Å². The molecule has 120 valence electrons. The topological polar surface area (TPSA) is 91.6 Å². The number of phenolic OH excluding ortho intramolecular Hbond substituents is 1. The third-order valence-corrected chi connectivity index (χ3v) is 4.79. The van der Waals surface area contributed by atoms with Crippen molar-refractivity contribution < 1.29 is 14.6 Å². The lowest BCUT2D eigenvalue weighted by Crippen LogP contribution is -2.45. The average molecular weight is 321 g/mol. The highest BCUT2D eigenvalue weighted by Gasteiger charge is 2.40. The normalized spacial score (nSPS) is 18.8. The largest absolute Gasteiger partial charge is 0.508 e. The number of carbonyl (C=O) groups excluding carboxylic acids is 1. The number of aromatic hydroxyl groups is 1. The molecule has 1 amide bonds. The smallest absolute Gasteiger partial charge is 0.260 e. The predicted molar refractivity (Wildman–Crippen MR) is 88.9 cm³/mol. The number of rotatable bonds is 0. The monoisotopic (exact) mass is 321 g/mol. The van der Waals surface area contributed by atoms with Crippen molar-refractivity contribution in [3.63, 3.8) is 0 Å². The van der Waals surface area contributed by atoms with Crippen LogP contribution in [0.15, 0.2) is 36.4 Å². The van der Waals surface area contributed by atoms with Gasteiger partial charge in [0.05, 0.1) is 11.3 Å². The molecule has 0 saturated heterocycles. The molecule has 2 aliphatic rings. The summed E-state index contributed by atoms with van der Waals surface area (Å²) in [6, 6.07) is 10.4. The summed E-state index contributed by atoms with van der Waals surface area (Å²) in [7, 11) is 0. The van der Waals surface area contributed by atoms with E-state index in [-0.39, 0.29) is 11.7 Å². The molecular formula is C18H15N3O3. The molecule has 3 aromatic rings. The number of nitrogen functional groups attached to an aromatic ring is 1. The number of benzene rings is 2. The zero-order valence-corrected chi connectivity index (χ0v) is 12.7. The van der Waals surface area contributed by atoms with E-state index in [1.165, 1.54) is 0 Å². The van der Waals surface area contributed by atoms with Crippen LogP contribution in [0.3, 0.4) is 0 Å². The lowest BCUT2D eigenvalue weighted by Gasteiger charge is -2.39. The van der Waals surface area contributed by atoms with Crippen LogP contribution in [0.4, 0.5) is 5.69 Å². The first-order valence-corrected chi connectivity index (χ1v) is 7.82. The van der Waals surface area contributed by atoms with Crippen molar-refractivity contribution >= 4 is 22.5 Å². The van der Waals surface area contributed by atoms with Crippen molar-refractivity contribution in [2.45, 2.75) is 12.6 Å². The molecule has 5 rings (SSSR count). The van der Waals surface area contributed by atoms with Crippen LogP contribution in [0, 0.1) is 0 Å².